The zero-order valence-corrected chi connectivity index (χ0v) is 41.5. The molecule has 0 radical (unpaired) electrons. The van der Waals surface area contributed by atoms with E-state index in [2.05, 4.69) is 41.1 Å². The van der Waals surface area contributed by atoms with Crippen LogP contribution in [0.4, 0.5) is 44.5 Å². The van der Waals surface area contributed by atoms with Crippen molar-refractivity contribution in [2.24, 2.45) is 20.5 Å². The van der Waals surface area contributed by atoms with Gasteiger partial charge in [0.15, 0.2) is 16.6 Å². The van der Waals surface area contributed by atoms with Crippen molar-refractivity contribution in [1.29, 1.82) is 5.26 Å². The van der Waals surface area contributed by atoms with E-state index in [9.17, 15) is 70.1 Å². The summed E-state index contributed by atoms with van der Waals surface area (Å²) in [5, 5.41) is 33.8. The molecule has 374 valence electrons. The molecule has 0 bridgehead atoms. The van der Waals surface area contributed by atoms with Gasteiger partial charge in [-0.15, -0.1) is 20.5 Å². The first kappa shape index (κ1) is 51.8. The number of nitriles is 1. The highest BCUT2D eigenvalue weighted by Gasteiger charge is 2.26. The summed E-state index contributed by atoms with van der Waals surface area (Å²) in [6.07, 6.45) is 0.0710. The number of rotatable bonds is 15. The molecule has 6 aromatic carbocycles. The lowest BCUT2D eigenvalue weighted by molar-refractivity contribution is 0.478. The highest BCUT2D eigenvalue weighted by atomic mass is 32.2. The van der Waals surface area contributed by atoms with Gasteiger partial charge >= 0.3 is 0 Å². The molecule has 2 heterocycles. The van der Waals surface area contributed by atoms with E-state index in [0.29, 0.717) is 12.1 Å². The molecule has 30 heteroatoms. The molecular weight excluding hydrogens is 1070 g/mol. The van der Waals surface area contributed by atoms with Gasteiger partial charge in [-0.25, -0.2) is 9.97 Å². The summed E-state index contributed by atoms with van der Waals surface area (Å²) in [6.45, 7) is 1.50. The van der Waals surface area contributed by atoms with Gasteiger partial charge in [-0.1, -0.05) is 53.8 Å². The Hall–Kier alpha value is -7.54. The number of anilines is 4. The number of nitrogens with zero attached hydrogens (tertiary/aromatic N) is 7. The van der Waals surface area contributed by atoms with Crippen molar-refractivity contribution in [3.8, 4) is 6.07 Å². The molecule has 0 aliphatic rings. The molecule has 0 saturated carbocycles. The van der Waals surface area contributed by atoms with Crippen LogP contribution in [0.1, 0.15) is 22.4 Å². The minimum Gasteiger partial charge on any atom is -0.339 e. The van der Waals surface area contributed by atoms with Gasteiger partial charge in [-0.05, 0) is 96.1 Å². The number of fused-ring (bicyclic) bond motifs is 2. The molecule has 0 aliphatic carbocycles. The second-order valence-corrected chi connectivity index (χ2v) is 23.4. The first-order valence-electron chi connectivity index (χ1n) is 20.1. The highest BCUT2D eigenvalue weighted by molar-refractivity contribution is 7.87. The molecule has 73 heavy (non-hydrogen) atoms. The third-order valence-electron chi connectivity index (χ3n) is 10.5. The number of pyridine rings is 1. The molecule has 8 rings (SSSR count). The molecule has 0 aliphatic heterocycles. The summed E-state index contributed by atoms with van der Waals surface area (Å²) >= 11 is 0.794. The van der Waals surface area contributed by atoms with Crippen LogP contribution in [0, 0.1) is 18.3 Å². The Balaban J connectivity index is 1.26. The Kier molecular flexibility index (Phi) is 13.8. The second kappa shape index (κ2) is 19.5. The molecule has 0 amide bonds. The fourth-order valence-electron chi connectivity index (χ4n) is 7.12. The first-order valence-corrected chi connectivity index (χ1v) is 28.2. The van der Waals surface area contributed by atoms with Crippen molar-refractivity contribution in [3.05, 3.63) is 138 Å². The molecule has 0 spiro atoms. The molecular formula is C43H31N9O15S6. The number of nitrogens with one attached hydrogen (secondary N) is 2. The molecule has 0 unspecified atom stereocenters. The summed E-state index contributed by atoms with van der Waals surface area (Å²) in [5.74, 6) is -0.151. The Labute approximate surface area is 418 Å². The van der Waals surface area contributed by atoms with Gasteiger partial charge in [0, 0.05) is 34.1 Å². The number of aromatic nitrogens is 2. The van der Waals surface area contributed by atoms with E-state index in [1.165, 1.54) is 31.2 Å². The van der Waals surface area contributed by atoms with Crippen LogP contribution >= 0.6 is 11.3 Å². The van der Waals surface area contributed by atoms with E-state index < -0.39 is 91.5 Å². The van der Waals surface area contributed by atoms with Crippen molar-refractivity contribution in [3.63, 3.8) is 0 Å². The van der Waals surface area contributed by atoms with Gasteiger partial charge in [-0.2, -0.15) is 47.4 Å². The Bertz CT molecular complexity index is 4280. The van der Waals surface area contributed by atoms with Crippen LogP contribution in [0.15, 0.2) is 160 Å². The molecule has 2 aromatic heterocycles. The fraction of sp³-hybridized carbons (Fsp3) is 0.0465. The smallest absolute Gasteiger partial charge is 0.295 e. The van der Waals surface area contributed by atoms with Gasteiger partial charge in [0.05, 0.1) is 31.6 Å². The van der Waals surface area contributed by atoms with E-state index in [4.69, 9.17) is 0 Å². The largest absolute Gasteiger partial charge is 0.339 e. The van der Waals surface area contributed by atoms with Crippen LogP contribution < -0.4 is 10.6 Å². The first-order chi connectivity index (χ1) is 34.1. The van der Waals surface area contributed by atoms with E-state index in [1.807, 2.05) is 48.5 Å². The van der Waals surface area contributed by atoms with Gasteiger partial charge in [0.1, 0.15) is 21.5 Å². The van der Waals surface area contributed by atoms with Gasteiger partial charge in [0.25, 0.3) is 50.6 Å². The predicted molar refractivity (Wildman–Crippen MR) is 263 cm³/mol. The topological polar surface area (TPSA) is 395 Å². The number of thiazole rings is 1. The Morgan fingerprint density at radius 2 is 1.11 bits per heavy atom. The van der Waals surface area contributed by atoms with Crippen molar-refractivity contribution in [1.82, 2.24) is 9.97 Å². The quantitative estimate of drug-likeness (QED) is 0.0371. The average Bonchev–Trinajstić information content (AvgIpc) is 3.69. The third-order valence-corrected chi connectivity index (χ3v) is 15.7. The maximum Gasteiger partial charge on any atom is 0.295 e. The Morgan fingerprint density at radius 3 is 1.67 bits per heavy atom. The monoisotopic (exact) mass is 1110 g/mol. The lowest BCUT2D eigenvalue weighted by atomic mass is 10.0. The minimum atomic E-state index is -5.34. The van der Waals surface area contributed by atoms with E-state index in [1.54, 1.807) is 0 Å². The Morgan fingerprint density at radius 1 is 0.562 bits per heavy atom. The van der Waals surface area contributed by atoms with E-state index in [-0.39, 0.29) is 62.1 Å². The number of benzene rings is 6. The lowest BCUT2D eigenvalue weighted by Gasteiger charge is -2.16. The average molecular weight is 1110 g/mol. The van der Waals surface area contributed by atoms with Crippen molar-refractivity contribution < 1.29 is 64.9 Å². The van der Waals surface area contributed by atoms with Gasteiger partial charge in [0.2, 0.25) is 5.13 Å². The van der Waals surface area contributed by atoms with Crippen LogP contribution in [-0.2, 0) is 57.0 Å². The van der Waals surface area contributed by atoms with Crippen LogP contribution in [0.25, 0.3) is 21.5 Å². The predicted octanol–water partition coefficient (Wildman–Crippen LogP) is 9.17. The molecule has 24 nitrogen and oxygen atoms in total. The summed E-state index contributed by atoms with van der Waals surface area (Å²) in [6, 6.07) is 27.3. The normalized spacial score (nSPS) is 12.7. The maximum absolute atomic E-state index is 12.7. The zero-order chi connectivity index (χ0) is 52.8. The molecule has 8 aromatic rings. The molecule has 0 fully saturated rings. The van der Waals surface area contributed by atoms with Crippen LogP contribution in [0.5, 0.6) is 0 Å². The second-order valence-electron chi connectivity index (χ2n) is 15.4. The van der Waals surface area contributed by atoms with Gasteiger partial charge < -0.3 is 10.6 Å². The summed E-state index contributed by atoms with van der Waals surface area (Å²) in [5.41, 5.74) is 0.988. The van der Waals surface area contributed by atoms with E-state index >= 15 is 0 Å². The van der Waals surface area contributed by atoms with Gasteiger partial charge in [-0.3, -0.25) is 22.8 Å². The zero-order valence-electron chi connectivity index (χ0n) is 36.6. The minimum absolute atomic E-state index is 0.0248. The summed E-state index contributed by atoms with van der Waals surface area (Å²) < 4.78 is 170. The van der Waals surface area contributed by atoms with Crippen LogP contribution in [0.3, 0.4) is 0 Å². The summed E-state index contributed by atoms with van der Waals surface area (Å²) in [7, 11) is -25.0. The van der Waals surface area contributed by atoms with E-state index in [0.717, 1.165) is 64.1 Å². The molecule has 0 saturated heterocycles. The summed E-state index contributed by atoms with van der Waals surface area (Å²) in [4.78, 5) is 5.00. The SMILES string of the molecule is Cc1c(C#N)c(Nc2ccc(S(=O)(=O)O)cc2)nc(Nc2ccc(S(=O)(=O)O)cc2)c1N=Nc1nc(Cc2ccc3ccccc3c2)c(N=Nc2cc(S(=O)(=O)O)c3cc(S(=O)(=O)O)cc(S(=O)(=O)O)c3c2)s1. The van der Waals surface area contributed by atoms with Crippen LogP contribution in [-0.4, -0.2) is 74.8 Å². The molecule has 0 atom stereocenters. The number of azo groups is 2. The van der Waals surface area contributed by atoms with Crippen molar-refractivity contribution in [2.45, 2.75) is 37.8 Å². The third kappa shape index (κ3) is 11.7. The highest BCUT2D eigenvalue weighted by Crippen LogP contribution is 2.42. The standard InChI is InChI=1S/C43H31N9O15S6/c1-23-35(22-44)40(45-27-8-12-30(13-9-27)69(53,54)55)48-41(46-28-10-14-31(15-11-28)70(56,57)58)39(23)50-52-43-47-36(17-24-6-7-25-4-2-3-5-26(25)16-24)42(68-43)51-49-29-18-33-34(37(19-29)72(62,63)64)20-32(71(59,60)61)21-38(33)73(65,66)67/h2-16,18-21H,17H2,1H3,(H2,45,46,48)(H,53,54,55)(H,56,57,58)(H,59,60,61)(H,62,63,64)(H,65,66,67). The fourth-order valence-corrected chi connectivity index (χ4v) is 10.9. The van der Waals surface area contributed by atoms with Crippen molar-refractivity contribution in [2.75, 3.05) is 10.6 Å². The maximum atomic E-state index is 12.7. The van der Waals surface area contributed by atoms with Crippen molar-refractivity contribution >= 4 is 128 Å². The number of hydrogen-bond acceptors (Lipinski definition) is 20. The molecule has 7 N–H and O–H groups in total. The lowest BCUT2D eigenvalue weighted by Crippen LogP contribution is -2.07. The number of hydrogen-bond donors (Lipinski definition) is 7. The van der Waals surface area contributed by atoms with Crippen LogP contribution in [0.2, 0.25) is 0 Å².